The van der Waals surface area contributed by atoms with Gasteiger partial charge in [0.1, 0.15) is 5.75 Å². The van der Waals surface area contributed by atoms with Gasteiger partial charge in [0.2, 0.25) is 5.91 Å². The van der Waals surface area contributed by atoms with Crippen molar-refractivity contribution in [3.8, 4) is 5.75 Å². The molecule has 0 heterocycles. The van der Waals surface area contributed by atoms with Gasteiger partial charge in [-0.25, -0.2) is 5.43 Å². The lowest BCUT2D eigenvalue weighted by Gasteiger charge is -2.05. The number of carbonyl (C=O) groups is 2. The minimum Gasteiger partial charge on any atom is -0.506 e. The minimum atomic E-state index is -0.436. The third-order valence-corrected chi connectivity index (χ3v) is 4.30. The lowest BCUT2D eigenvalue weighted by molar-refractivity contribution is -0.117. The number of rotatable bonds is 5. The summed E-state index contributed by atoms with van der Waals surface area (Å²) in [6, 6.07) is 9.35. The second-order valence-corrected chi connectivity index (χ2v) is 6.71. The number of hydrazone groups is 1. The Hall–Kier alpha value is -2.57. The summed E-state index contributed by atoms with van der Waals surface area (Å²) in [5.74, 6) is -0.491. The molecule has 3 N–H and O–H groups in total. The van der Waals surface area contributed by atoms with Crippen LogP contribution in [0.3, 0.4) is 0 Å². The first-order valence-corrected chi connectivity index (χ1v) is 8.62. The SMILES string of the molecule is O=C(NN=Cc1cc(Cl)cc(Cl)c1O)c1ccc(NC(=O)C2CC2)cc1. The number of benzene rings is 2. The average molecular weight is 392 g/mol. The Labute approximate surface area is 159 Å². The molecule has 1 fully saturated rings. The summed E-state index contributed by atoms with van der Waals surface area (Å²) in [6.07, 6.45) is 3.10. The molecule has 0 aliphatic heterocycles. The van der Waals surface area contributed by atoms with Gasteiger partial charge in [0.25, 0.3) is 5.91 Å². The van der Waals surface area contributed by atoms with E-state index in [1.807, 2.05) is 0 Å². The zero-order valence-corrected chi connectivity index (χ0v) is 15.0. The smallest absolute Gasteiger partial charge is 0.271 e. The van der Waals surface area contributed by atoms with E-state index in [0.717, 1.165) is 12.8 Å². The first kappa shape index (κ1) is 18.2. The maximum Gasteiger partial charge on any atom is 0.271 e. The molecular weight excluding hydrogens is 377 g/mol. The molecule has 8 heteroatoms. The van der Waals surface area contributed by atoms with Gasteiger partial charge in [0, 0.05) is 27.8 Å². The molecule has 0 spiro atoms. The number of anilines is 1. The molecule has 2 amide bonds. The summed E-state index contributed by atoms with van der Waals surface area (Å²) in [7, 11) is 0. The average Bonchev–Trinajstić information content (AvgIpc) is 3.44. The third-order valence-electron chi connectivity index (χ3n) is 3.79. The Morgan fingerprint density at radius 3 is 2.50 bits per heavy atom. The number of phenols is 1. The molecule has 1 aliphatic carbocycles. The highest BCUT2D eigenvalue weighted by atomic mass is 35.5. The molecule has 2 aromatic carbocycles. The van der Waals surface area contributed by atoms with Gasteiger partial charge in [-0.3, -0.25) is 9.59 Å². The number of nitrogens with zero attached hydrogens (tertiary/aromatic N) is 1. The lowest BCUT2D eigenvalue weighted by atomic mass is 10.2. The van der Waals surface area contributed by atoms with Gasteiger partial charge in [-0.2, -0.15) is 5.10 Å². The molecule has 0 bridgehead atoms. The van der Waals surface area contributed by atoms with Crippen molar-refractivity contribution >= 4 is 46.9 Å². The van der Waals surface area contributed by atoms with E-state index >= 15 is 0 Å². The van der Waals surface area contributed by atoms with Gasteiger partial charge in [-0.15, -0.1) is 0 Å². The van der Waals surface area contributed by atoms with Crippen LogP contribution in [-0.2, 0) is 4.79 Å². The largest absolute Gasteiger partial charge is 0.506 e. The number of nitrogens with one attached hydrogen (secondary N) is 2. The maximum absolute atomic E-state index is 12.1. The molecule has 0 atom stereocenters. The summed E-state index contributed by atoms with van der Waals surface area (Å²) in [5.41, 5.74) is 3.64. The Kier molecular flexibility index (Phi) is 5.44. The van der Waals surface area contributed by atoms with Gasteiger partial charge < -0.3 is 10.4 Å². The van der Waals surface area contributed by atoms with Gasteiger partial charge in [-0.05, 0) is 49.2 Å². The van der Waals surface area contributed by atoms with Crippen LogP contribution in [0.1, 0.15) is 28.8 Å². The van der Waals surface area contributed by atoms with E-state index in [9.17, 15) is 14.7 Å². The number of hydrogen-bond acceptors (Lipinski definition) is 4. The van der Waals surface area contributed by atoms with E-state index in [4.69, 9.17) is 23.2 Å². The second-order valence-electron chi connectivity index (χ2n) is 5.87. The molecule has 6 nitrogen and oxygen atoms in total. The van der Waals surface area contributed by atoms with Crippen molar-refractivity contribution in [2.24, 2.45) is 11.0 Å². The first-order chi connectivity index (χ1) is 12.4. The highest BCUT2D eigenvalue weighted by Gasteiger charge is 2.29. The van der Waals surface area contributed by atoms with Crippen molar-refractivity contribution in [3.63, 3.8) is 0 Å². The predicted octanol–water partition coefficient (Wildman–Crippen LogP) is 3.81. The minimum absolute atomic E-state index is 0.00629. The van der Waals surface area contributed by atoms with Gasteiger partial charge in [0.15, 0.2) is 0 Å². The summed E-state index contributed by atoms with van der Waals surface area (Å²) in [6.45, 7) is 0. The molecule has 1 aliphatic rings. The zero-order chi connectivity index (χ0) is 18.7. The van der Waals surface area contributed by atoms with E-state index in [2.05, 4.69) is 15.8 Å². The second kappa shape index (κ2) is 7.76. The van der Waals surface area contributed by atoms with E-state index in [1.165, 1.54) is 18.3 Å². The van der Waals surface area contributed by atoms with Crippen molar-refractivity contribution < 1.29 is 14.7 Å². The Balaban J connectivity index is 1.60. The van der Waals surface area contributed by atoms with Crippen molar-refractivity contribution in [1.82, 2.24) is 5.43 Å². The molecule has 0 unspecified atom stereocenters. The van der Waals surface area contributed by atoms with Crippen molar-refractivity contribution in [3.05, 3.63) is 57.6 Å². The molecular formula is C18H15Cl2N3O3. The third kappa shape index (κ3) is 4.53. The Morgan fingerprint density at radius 2 is 1.85 bits per heavy atom. The fourth-order valence-electron chi connectivity index (χ4n) is 2.20. The van der Waals surface area contributed by atoms with Crippen LogP contribution in [0.4, 0.5) is 5.69 Å². The van der Waals surface area contributed by atoms with E-state index in [0.29, 0.717) is 16.3 Å². The van der Waals surface area contributed by atoms with Crippen LogP contribution in [0, 0.1) is 5.92 Å². The number of hydrogen-bond donors (Lipinski definition) is 3. The van der Waals surface area contributed by atoms with Crippen LogP contribution < -0.4 is 10.7 Å². The van der Waals surface area contributed by atoms with Crippen LogP contribution in [0.2, 0.25) is 10.0 Å². The summed E-state index contributed by atoms with van der Waals surface area (Å²) in [5, 5.41) is 16.8. The van der Waals surface area contributed by atoms with Gasteiger partial charge in [-0.1, -0.05) is 23.2 Å². The molecule has 134 valence electrons. The van der Waals surface area contributed by atoms with Gasteiger partial charge in [0.05, 0.1) is 11.2 Å². The topological polar surface area (TPSA) is 90.8 Å². The van der Waals surface area contributed by atoms with E-state index in [-0.39, 0.29) is 28.2 Å². The Bertz CT molecular complexity index is 878. The highest BCUT2D eigenvalue weighted by molar-refractivity contribution is 6.36. The fraction of sp³-hybridized carbons (Fsp3) is 0.167. The highest BCUT2D eigenvalue weighted by Crippen LogP contribution is 2.30. The monoisotopic (exact) mass is 391 g/mol. The normalized spacial score (nSPS) is 13.6. The number of aromatic hydroxyl groups is 1. The number of halogens is 2. The number of phenolic OH excluding ortho intramolecular Hbond substituents is 1. The summed E-state index contributed by atoms with van der Waals surface area (Å²) < 4.78 is 0. The number of amides is 2. The molecule has 0 aromatic heterocycles. The molecule has 3 rings (SSSR count). The molecule has 1 saturated carbocycles. The van der Waals surface area contributed by atoms with Crippen LogP contribution in [0.5, 0.6) is 5.75 Å². The van der Waals surface area contributed by atoms with Crippen LogP contribution in [0.25, 0.3) is 0 Å². The van der Waals surface area contributed by atoms with Crippen LogP contribution >= 0.6 is 23.2 Å². The zero-order valence-electron chi connectivity index (χ0n) is 13.5. The quantitative estimate of drug-likeness (QED) is 0.534. The predicted molar refractivity (Wildman–Crippen MR) is 101 cm³/mol. The van der Waals surface area contributed by atoms with E-state index < -0.39 is 5.91 Å². The van der Waals surface area contributed by atoms with Crippen molar-refractivity contribution in [1.29, 1.82) is 0 Å². The van der Waals surface area contributed by atoms with Crippen molar-refractivity contribution in [2.75, 3.05) is 5.32 Å². The molecule has 26 heavy (non-hydrogen) atoms. The number of carbonyl (C=O) groups excluding carboxylic acids is 2. The van der Waals surface area contributed by atoms with Gasteiger partial charge >= 0.3 is 0 Å². The molecule has 0 saturated heterocycles. The molecule has 2 aromatic rings. The van der Waals surface area contributed by atoms with Crippen molar-refractivity contribution in [2.45, 2.75) is 12.8 Å². The first-order valence-electron chi connectivity index (χ1n) is 7.86. The summed E-state index contributed by atoms with van der Waals surface area (Å²) in [4.78, 5) is 23.8. The van der Waals surface area contributed by atoms with Crippen LogP contribution in [-0.4, -0.2) is 23.1 Å². The fourth-order valence-corrected chi connectivity index (χ4v) is 2.71. The standard InChI is InChI=1S/C18H15Cl2N3O3/c19-13-7-12(16(24)15(20)8-13)9-21-23-18(26)11-3-5-14(6-4-11)22-17(25)10-1-2-10/h3-10,24H,1-2H2,(H,22,25)(H,23,26). The maximum atomic E-state index is 12.1. The Morgan fingerprint density at radius 1 is 1.15 bits per heavy atom. The molecule has 0 radical (unpaired) electrons. The summed E-state index contributed by atoms with van der Waals surface area (Å²) >= 11 is 11.7. The van der Waals surface area contributed by atoms with Crippen LogP contribution in [0.15, 0.2) is 41.5 Å². The van der Waals surface area contributed by atoms with E-state index in [1.54, 1.807) is 24.3 Å². The lowest BCUT2D eigenvalue weighted by Crippen LogP contribution is -2.18.